The van der Waals surface area contributed by atoms with Crippen LogP contribution < -0.4 is 5.11 Å². The molecule has 0 aliphatic carbocycles. The normalized spacial score (nSPS) is 13.5. The molecule has 0 aromatic rings. The number of carboxylic acid groups (broad SMARTS) is 1. The topological polar surface area (TPSA) is 111 Å². The SMILES string of the molecule is CC/C=C\C/C=C\C/C=C\C/C=C\C/C=C\C/C=C\C/C=C\C/C=C\C/C=C\CCCCCCCCCC(=O)OC(COC(=O)CCCCCCCCCCCCCCC/C=C\CCCCCCCCCC)COC(OCC[N+](C)(C)C)C(=O)[O-]. The molecule has 0 heterocycles. The maximum Gasteiger partial charge on any atom is 0.306 e. The predicted molar refractivity (Wildman–Crippen MR) is 361 cm³/mol. The highest BCUT2D eigenvalue weighted by molar-refractivity contribution is 5.70. The van der Waals surface area contributed by atoms with Crippen molar-refractivity contribution in [3.05, 3.63) is 122 Å². The van der Waals surface area contributed by atoms with E-state index in [2.05, 4.69) is 135 Å². The molecular formula is C76H129NO8. The van der Waals surface area contributed by atoms with E-state index in [9.17, 15) is 19.5 Å². The van der Waals surface area contributed by atoms with Gasteiger partial charge < -0.3 is 33.3 Å². The van der Waals surface area contributed by atoms with Crippen molar-refractivity contribution in [2.75, 3.05) is 47.5 Å². The minimum Gasteiger partial charge on any atom is -0.545 e. The summed E-state index contributed by atoms with van der Waals surface area (Å²) in [5.41, 5.74) is 0. The number of carbonyl (C=O) groups excluding carboxylic acids is 3. The Morgan fingerprint density at radius 1 is 0.365 bits per heavy atom. The van der Waals surface area contributed by atoms with Crippen molar-refractivity contribution >= 4 is 17.9 Å². The summed E-state index contributed by atoms with van der Waals surface area (Å²) in [4.78, 5) is 37.5. The molecule has 2 unspecified atom stereocenters. The van der Waals surface area contributed by atoms with Crippen LogP contribution in [0.1, 0.15) is 284 Å². The molecule has 0 aliphatic rings. The van der Waals surface area contributed by atoms with Crippen molar-refractivity contribution in [1.82, 2.24) is 0 Å². The second-order valence-electron chi connectivity index (χ2n) is 24.1. The van der Waals surface area contributed by atoms with Gasteiger partial charge in [-0.1, -0.05) is 283 Å². The van der Waals surface area contributed by atoms with Crippen LogP contribution >= 0.6 is 0 Å². The smallest absolute Gasteiger partial charge is 0.306 e. The number of unbranched alkanes of at least 4 members (excludes halogenated alkanes) is 28. The van der Waals surface area contributed by atoms with Crippen LogP contribution in [0.25, 0.3) is 0 Å². The molecule has 0 aromatic heterocycles. The minimum absolute atomic E-state index is 0.140. The third-order valence-electron chi connectivity index (χ3n) is 14.7. The van der Waals surface area contributed by atoms with E-state index in [-0.39, 0.29) is 38.6 Å². The molecule has 0 aromatic carbocycles. The summed E-state index contributed by atoms with van der Waals surface area (Å²) in [5.74, 6) is -2.30. The number of carbonyl (C=O) groups is 3. The van der Waals surface area contributed by atoms with Gasteiger partial charge in [-0.3, -0.25) is 9.59 Å². The lowest BCUT2D eigenvalue weighted by Crippen LogP contribution is -2.44. The van der Waals surface area contributed by atoms with Gasteiger partial charge in [-0.25, -0.2) is 0 Å². The molecule has 486 valence electrons. The van der Waals surface area contributed by atoms with Crippen molar-refractivity contribution in [2.45, 2.75) is 296 Å². The van der Waals surface area contributed by atoms with Crippen molar-refractivity contribution in [1.29, 1.82) is 0 Å². The monoisotopic (exact) mass is 1180 g/mol. The predicted octanol–water partition coefficient (Wildman–Crippen LogP) is 20.2. The Morgan fingerprint density at radius 2 is 0.671 bits per heavy atom. The van der Waals surface area contributed by atoms with Crippen molar-refractivity contribution in [2.24, 2.45) is 0 Å². The summed E-state index contributed by atoms with van der Waals surface area (Å²) in [5, 5.41) is 11.8. The van der Waals surface area contributed by atoms with Crippen LogP contribution in [0, 0.1) is 0 Å². The van der Waals surface area contributed by atoms with Crippen molar-refractivity contribution in [3.8, 4) is 0 Å². The number of allylic oxidation sites excluding steroid dienone is 20. The fourth-order valence-corrected chi connectivity index (χ4v) is 9.41. The summed E-state index contributed by atoms with van der Waals surface area (Å²) in [7, 11) is 5.92. The van der Waals surface area contributed by atoms with Gasteiger partial charge in [0.25, 0.3) is 0 Å². The van der Waals surface area contributed by atoms with Crippen LogP contribution in [0.5, 0.6) is 0 Å². The maximum absolute atomic E-state index is 12.9. The lowest BCUT2D eigenvalue weighted by atomic mass is 10.0. The van der Waals surface area contributed by atoms with Gasteiger partial charge >= 0.3 is 11.9 Å². The van der Waals surface area contributed by atoms with Gasteiger partial charge in [-0.15, -0.1) is 0 Å². The van der Waals surface area contributed by atoms with Gasteiger partial charge in [-0.2, -0.15) is 0 Å². The molecule has 9 nitrogen and oxygen atoms in total. The van der Waals surface area contributed by atoms with Crippen LogP contribution in [0.3, 0.4) is 0 Å². The zero-order chi connectivity index (χ0) is 61.9. The first kappa shape index (κ1) is 80.7. The van der Waals surface area contributed by atoms with Gasteiger partial charge in [0.05, 0.1) is 40.3 Å². The van der Waals surface area contributed by atoms with E-state index in [0.29, 0.717) is 17.4 Å². The van der Waals surface area contributed by atoms with Gasteiger partial charge in [0.1, 0.15) is 13.2 Å². The third-order valence-corrected chi connectivity index (χ3v) is 14.7. The number of esters is 2. The lowest BCUT2D eigenvalue weighted by molar-refractivity contribution is -0.870. The first-order valence-electron chi connectivity index (χ1n) is 34.7. The van der Waals surface area contributed by atoms with Crippen LogP contribution in [0.4, 0.5) is 0 Å². The van der Waals surface area contributed by atoms with E-state index in [1.54, 1.807) is 0 Å². The molecule has 0 bridgehead atoms. The summed E-state index contributed by atoms with van der Waals surface area (Å²) >= 11 is 0. The number of hydrogen-bond acceptors (Lipinski definition) is 8. The molecule has 0 fully saturated rings. The molecule has 0 aliphatic heterocycles. The Hall–Kier alpha value is -4.31. The van der Waals surface area contributed by atoms with E-state index < -0.39 is 24.3 Å². The number of carboxylic acids is 1. The molecule has 0 saturated carbocycles. The Morgan fingerprint density at radius 3 is 1.01 bits per heavy atom. The Kier molecular flexibility index (Phi) is 62.3. The Bertz CT molecular complexity index is 1810. The highest BCUT2D eigenvalue weighted by Gasteiger charge is 2.22. The molecule has 0 rings (SSSR count). The minimum atomic E-state index is -1.63. The van der Waals surface area contributed by atoms with E-state index in [0.717, 1.165) is 103 Å². The molecule has 0 amide bonds. The zero-order valence-electron chi connectivity index (χ0n) is 55.4. The second-order valence-corrected chi connectivity index (χ2v) is 24.1. The van der Waals surface area contributed by atoms with Gasteiger partial charge in [-0.05, 0) is 109 Å². The second kappa shape index (κ2) is 65.7. The fourth-order valence-electron chi connectivity index (χ4n) is 9.41. The molecule has 85 heavy (non-hydrogen) atoms. The van der Waals surface area contributed by atoms with E-state index in [4.69, 9.17) is 18.9 Å². The average molecular weight is 1180 g/mol. The first-order valence-corrected chi connectivity index (χ1v) is 34.7. The number of hydrogen-bond donors (Lipinski definition) is 0. The van der Waals surface area contributed by atoms with Crippen molar-refractivity contribution in [3.63, 3.8) is 0 Å². The highest BCUT2D eigenvalue weighted by Crippen LogP contribution is 2.16. The highest BCUT2D eigenvalue weighted by atomic mass is 16.7. The third kappa shape index (κ3) is 67.1. The molecule has 0 spiro atoms. The van der Waals surface area contributed by atoms with Crippen LogP contribution in [0.15, 0.2) is 122 Å². The van der Waals surface area contributed by atoms with E-state index >= 15 is 0 Å². The average Bonchev–Trinajstić information content (AvgIpc) is 3.48. The van der Waals surface area contributed by atoms with Gasteiger partial charge in [0.2, 0.25) is 0 Å². The lowest BCUT2D eigenvalue weighted by Gasteiger charge is -2.26. The Labute approximate surface area is 523 Å². The van der Waals surface area contributed by atoms with Crippen LogP contribution in [-0.2, 0) is 33.3 Å². The largest absolute Gasteiger partial charge is 0.545 e. The molecule has 0 saturated heterocycles. The molecule has 0 radical (unpaired) electrons. The van der Waals surface area contributed by atoms with Gasteiger partial charge in [0, 0.05) is 12.8 Å². The maximum atomic E-state index is 12.9. The number of ether oxygens (including phenoxy) is 4. The molecule has 9 heteroatoms. The summed E-state index contributed by atoms with van der Waals surface area (Å²) in [6.45, 7) is 4.63. The van der Waals surface area contributed by atoms with Crippen molar-refractivity contribution < 1.29 is 42.9 Å². The first-order chi connectivity index (χ1) is 41.6. The number of likely N-dealkylation sites (N-methyl/N-ethyl adjacent to an activating group) is 1. The zero-order valence-corrected chi connectivity index (χ0v) is 55.4. The summed E-state index contributed by atoms with van der Waals surface area (Å²) in [6, 6.07) is 0. The summed E-state index contributed by atoms with van der Waals surface area (Å²) in [6.07, 6.45) is 89.8. The number of nitrogens with zero attached hydrogens (tertiary/aromatic N) is 1. The summed E-state index contributed by atoms with van der Waals surface area (Å²) < 4.78 is 22.8. The molecule has 0 N–H and O–H groups in total. The fraction of sp³-hybridized carbons (Fsp3) is 0.697. The quantitative estimate of drug-likeness (QED) is 0.0195. The Balaban J connectivity index is 4.20. The molecule has 2 atom stereocenters. The van der Waals surface area contributed by atoms with Crippen LogP contribution in [0.2, 0.25) is 0 Å². The standard InChI is InChI=1S/C76H129NO8/c1-6-8-10-12-14-16-18-20-22-24-26-28-30-32-33-34-35-36-37-38-39-40-41-43-45-47-49-51-53-55-57-59-61-63-65-67-74(79)85-72(71-84-76(75(80)81)82-69-68-77(3,4)5)70-83-73(78)66-64-62-60-58-56-54-52-50-48-46-44-42-31-29-27-25-23-21-19-17-15-13-11-9-7-2/h8,10,14,16,20,22,25-28,32-33,35-36,38-39,41,43,47,49,72,76H,6-7,9,11-13,15,17-19,21,23-24,29-31,34,37,40,42,44-46,48,50-71H2,1-5H3/b10-8-,16-14-,22-20-,27-25-,28-26-,33-32-,36-35-,39-38-,43-41-,49-47-. The number of quaternary nitrogens is 1. The van der Waals surface area contributed by atoms with Crippen LogP contribution in [-0.4, -0.2) is 82.3 Å². The number of aliphatic carboxylic acids is 1. The van der Waals surface area contributed by atoms with E-state index in [1.165, 1.54) is 148 Å². The van der Waals surface area contributed by atoms with Gasteiger partial charge in [0.15, 0.2) is 12.4 Å². The van der Waals surface area contributed by atoms with E-state index in [1.807, 2.05) is 21.1 Å². The number of rotatable bonds is 63. The molecular weight excluding hydrogens is 1050 g/mol.